The first-order valence-corrected chi connectivity index (χ1v) is 18.8. The molecule has 11 nitrogen and oxygen atoms in total. The summed E-state index contributed by atoms with van der Waals surface area (Å²) in [5.74, 6) is -0.0431. The van der Waals surface area contributed by atoms with E-state index in [4.69, 9.17) is 4.74 Å². The van der Waals surface area contributed by atoms with Crippen LogP contribution in [0.1, 0.15) is 50.4 Å². The molecule has 1 saturated heterocycles. The Balaban J connectivity index is 1.59. The molecular weight excluding hydrogens is 651 g/mol. The number of aliphatic hydroxyl groups excluding tert-OH is 1. The van der Waals surface area contributed by atoms with Crippen LogP contribution in [0.3, 0.4) is 0 Å². The minimum Gasteiger partial charge on any atom is -0.497 e. The van der Waals surface area contributed by atoms with Crippen LogP contribution in [0, 0.1) is 18.8 Å². The SMILES string of the molecule is CC[C@H](C)[C@@H](C(=O)N[C@@H](Cc1ccccc1)[C@@H](O)CN(CC(C)C)S(=O)(=O)c1ccc(OC)cc1)N1CCN(Cc2csc(C)n2)C1=O. The molecule has 2 heterocycles. The van der Waals surface area contributed by atoms with E-state index in [1.165, 1.54) is 34.9 Å². The third-order valence-electron chi connectivity index (χ3n) is 8.68. The topological polar surface area (TPSA) is 132 Å². The van der Waals surface area contributed by atoms with E-state index in [2.05, 4.69) is 10.3 Å². The number of methoxy groups -OCH3 is 1. The van der Waals surface area contributed by atoms with Gasteiger partial charge in [-0.15, -0.1) is 11.3 Å². The van der Waals surface area contributed by atoms with Crippen LogP contribution in [0.15, 0.2) is 64.9 Å². The van der Waals surface area contributed by atoms with Crippen LogP contribution in [0.5, 0.6) is 5.75 Å². The predicted molar refractivity (Wildman–Crippen MR) is 187 cm³/mol. The van der Waals surface area contributed by atoms with Gasteiger partial charge in [0.25, 0.3) is 0 Å². The number of nitrogens with zero attached hydrogens (tertiary/aromatic N) is 4. The minimum atomic E-state index is -3.99. The van der Waals surface area contributed by atoms with E-state index in [-0.39, 0.29) is 48.2 Å². The highest BCUT2D eigenvalue weighted by Crippen LogP contribution is 2.25. The van der Waals surface area contributed by atoms with Crippen LogP contribution in [0.25, 0.3) is 0 Å². The van der Waals surface area contributed by atoms with Crippen molar-refractivity contribution in [3.05, 3.63) is 76.2 Å². The molecule has 3 aromatic rings. The Labute approximate surface area is 289 Å². The molecule has 1 fully saturated rings. The molecule has 0 unspecified atom stereocenters. The summed E-state index contributed by atoms with van der Waals surface area (Å²) in [5, 5.41) is 17.7. The highest BCUT2D eigenvalue weighted by molar-refractivity contribution is 7.89. The first kappa shape index (κ1) is 37.3. The summed E-state index contributed by atoms with van der Waals surface area (Å²) in [4.78, 5) is 35.8. The number of ether oxygens (including phenoxy) is 1. The fraction of sp³-hybridized carbons (Fsp3) is 0.514. The number of aliphatic hydroxyl groups is 1. The average Bonchev–Trinajstić information content (AvgIpc) is 3.64. The van der Waals surface area contributed by atoms with Gasteiger partial charge >= 0.3 is 6.03 Å². The molecular formula is C35H49N5O6S2. The lowest BCUT2D eigenvalue weighted by molar-refractivity contribution is -0.128. The van der Waals surface area contributed by atoms with Crippen molar-refractivity contribution in [2.45, 2.75) is 77.1 Å². The van der Waals surface area contributed by atoms with Crippen molar-refractivity contribution >= 4 is 33.3 Å². The second-order valence-electron chi connectivity index (χ2n) is 12.8. The van der Waals surface area contributed by atoms with E-state index in [0.29, 0.717) is 31.8 Å². The van der Waals surface area contributed by atoms with Crippen molar-refractivity contribution in [3.63, 3.8) is 0 Å². The van der Waals surface area contributed by atoms with Crippen LogP contribution < -0.4 is 10.1 Å². The number of thiazole rings is 1. The molecule has 4 atom stereocenters. The number of aryl methyl sites for hydroxylation is 1. The van der Waals surface area contributed by atoms with Gasteiger partial charge in [0, 0.05) is 31.6 Å². The number of carbonyl (C=O) groups excluding carboxylic acids is 2. The standard InChI is InChI=1S/C35H49N5O6S2/c1-7-25(4)33(40-18-17-38(35(40)43)21-28-23-47-26(5)36-28)34(42)37-31(19-27-11-9-8-10-12-27)32(41)22-39(20-24(2)3)48(44,45)30-15-13-29(46-6)14-16-30/h8-16,23-25,31-33,41H,7,17-22H2,1-6H3,(H,37,42)/t25-,31-,32-,33-/m0/s1. The molecule has 0 aliphatic carbocycles. The van der Waals surface area contributed by atoms with Gasteiger partial charge in [-0.3, -0.25) is 4.79 Å². The first-order valence-electron chi connectivity index (χ1n) is 16.5. The van der Waals surface area contributed by atoms with E-state index < -0.39 is 28.2 Å². The Morgan fingerprint density at radius 3 is 2.35 bits per heavy atom. The number of amides is 3. The van der Waals surface area contributed by atoms with Gasteiger partial charge in [0.2, 0.25) is 15.9 Å². The van der Waals surface area contributed by atoms with Crippen molar-refractivity contribution in [1.82, 2.24) is 24.4 Å². The number of hydrogen-bond acceptors (Lipinski definition) is 8. The van der Waals surface area contributed by atoms with Gasteiger partial charge in [-0.1, -0.05) is 64.4 Å². The van der Waals surface area contributed by atoms with Crippen molar-refractivity contribution in [2.24, 2.45) is 11.8 Å². The molecule has 3 amide bonds. The summed E-state index contributed by atoms with van der Waals surface area (Å²) < 4.78 is 34.2. The maximum atomic E-state index is 14.2. The zero-order valence-electron chi connectivity index (χ0n) is 28.7. The van der Waals surface area contributed by atoms with E-state index >= 15 is 0 Å². The molecule has 0 saturated carbocycles. The number of aromatic nitrogens is 1. The lowest BCUT2D eigenvalue weighted by Crippen LogP contribution is -2.57. The zero-order valence-corrected chi connectivity index (χ0v) is 30.3. The molecule has 1 aliphatic rings. The second-order valence-corrected chi connectivity index (χ2v) is 15.8. The van der Waals surface area contributed by atoms with Gasteiger partial charge in [-0.25, -0.2) is 18.2 Å². The molecule has 0 bridgehead atoms. The maximum Gasteiger partial charge on any atom is 0.321 e. The van der Waals surface area contributed by atoms with E-state index in [0.717, 1.165) is 16.3 Å². The summed E-state index contributed by atoms with van der Waals surface area (Å²) in [5.41, 5.74) is 1.69. The lowest BCUT2D eigenvalue weighted by Gasteiger charge is -2.35. The van der Waals surface area contributed by atoms with E-state index in [9.17, 15) is 23.1 Å². The highest BCUT2D eigenvalue weighted by Gasteiger charge is 2.41. The fourth-order valence-electron chi connectivity index (χ4n) is 5.94. The number of urea groups is 1. The Hall–Kier alpha value is -3.52. The summed E-state index contributed by atoms with van der Waals surface area (Å²) in [6.07, 6.45) is -0.332. The molecule has 2 aromatic carbocycles. The molecule has 13 heteroatoms. The number of sulfonamides is 1. The monoisotopic (exact) mass is 699 g/mol. The van der Waals surface area contributed by atoms with Gasteiger partial charge in [0.15, 0.2) is 0 Å². The van der Waals surface area contributed by atoms with Crippen molar-refractivity contribution in [1.29, 1.82) is 0 Å². The van der Waals surface area contributed by atoms with Crippen LogP contribution >= 0.6 is 11.3 Å². The molecule has 1 aliphatic heterocycles. The van der Waals surface area contributed by atoms with Crippen molar-refractivity contribution < 1.29 is 27.9 Å². The molecule has 0 radical (unpaired) electrons. The Morgan fingerprint density at radius 2 is 1.77 bits per heavy atom. The van der Waals surface area contributed by atoms with Crippen LogP contribution in [-0.4, -0.2) is 96.0 Å². The Morgan fingerprint density at radius 1 is 1.08 bits per heavy atom. The number of carbonyl (C=O) groups is 2. The number of rotatable bonds is 17. The molecule has 48 heavy (non-hydrogen) atoms. The molecule has 4 rings (SSSR count). The quantitative estimate of drug-likeness (QED) is 0.211. The molecule has 0 spiro atoms. The fourth-order valence-corrected chi connectivity index (χ4v) is 8.17. The largest absolute Gasteiger partial charge is 0.497 e. The number of benzene rings is 2. The summed E-state index contributed by atoms with van der Waals surface area (Å²) >= 11 is 1.53. The Kier molecular flexibility index (Phi) is 13.0. The Bertz CT molecular complexity index is 1600. The molecule has 1 aromatic heterocycles. The van der Waals surface area contributed by atoms with Crippen LogP contribution in [0.2, 0.25) is 0 Å². The van der Waals surface area contributed by atoms with Gasteiger partial charge in [0.1, 0.15) is 11.8 Å². The number of nitrogens with one attached hydrogen (secondary N) is 1. The van der Waals surface area contributed by atoms with Gasteiger partial charge in [0.05, 0.1) is 41.4 Å². The molecule has 2 N–H and O–H groups in total. The molecule has 262 valence electrons. The van der Waals surface area contributed by atoms with Crippen molar-refractivity contribution in [2.75, 3.05) is 33.3 Å². The highest BCUT2D eigenvalue weighted by atomic mass is 32.2. The van der Waals surface area contributed by atoms with Gasteiger partial charge < -0.3 is 25.0 Å². The first-order chi connectivity index (χ1) is 22.8. The van der Waals surface area contributed by atoms with E-state index in [1.54, 1.807) is 21.9 Å². The third kappa shape index (κ3) is 9.34. The predicted octanol–water partition coefficient (Wildman–Crippen LogP) is 4.55. The third-order valence-corrected chi connectivity index (χ3v) is 11.3. The summed E-state index contributed by atoms with van der Waals surface area (Å²) in [6, 6.07) is 13.8. The van der Waals surface area contributed by atoms with Gasteiger partial charge in [-0.2, -0.15) is 4.31 Å². The van der Waals surface area contributed by atoms with Crippen LogP contribution in [-0.2, 0) is 27.8 Å². The summed E-state index contributed by atoms with van der Waals surface area (Å²) in [6.45, 7) is 10.8. The summed E-state index contributed by atoms with van der Waals surface area (Å²) in [7, 11) is -2.48. The zero-order chi connectivity index (χ0) is 35.0. The van der Waals surface area contributed by atoms with Gasteiger partial charge in [-0.05, 0) is 55.0 Å². The maximum absolute atomic E-state index is 14.2. The minimum absolute atomic E-state index is 0.0282. The van der Waals surface area contributed by atoms with Crippen molar-refractivity contribution in [3.8, 4) is 5.75 Å². The van der Waals surface area contributed by atoms with Crippen LogP contribution in [0.4, 0.5) is 4.79 Å². The normalized spacial score (nSPS) is 16.3. The number of hydrogen-bond donors (Lipinski definition) is 2. The lowest BCUT2D eigenvalue weighted by atomic mass is 9.95. The second kappa shape index (κ2) is 16.7. The average molecular weight is 700 g/mol. The van der Waals surface area contributed by atoms with E-state index in [1.807, 2.05) is 70.3 Å². The smallest absolute Gasteiger partial charge is 0.321 e.